The van der Waals surface area contributed by atoms with E-state index in [-0.39, 0.29) is 30.8 Å². The van der Waals surface area contributed by atoms with E-state index in [2.05, 4.69) is 32.0 Å². The molecule has 18 nitrogen and oxygen atoms in total. The summed E-state index contributed by atoms with van der Waals surface area (Å²) in [5, 5.41) is 4.61. The molecule has 4 aromatic carbocycles. The van der Waals surface area contributed by atoms with Crippen LogP contribution in [0.3, 0.4) is 0 Å². The molecule has 0 spiro atoms. The maximum atomic E-state index is 13.7. The molecule has 0 aliphatic rings. The SMILES string of the molecule is CCCCCC(C)OC(=O)COc1ccc(Cl)c2cccnc12.CCOC(=O)[C@H](C)Oc1ccc(Oc2nc3ccc(Cl)cc3o2)cc1.COc1ncc(F)c2nc(S(=O)(=O)Nc3c(F)cccc3F)nn12. The van der Waals surface area contributed by atoms with E-state index in [1.165, 1.54) is 7.11 Å². The van der Waals surface area contributed by atoms with Crippen molar-refractivity contribution >= 4 is 78.5 Å². The molecule has 1 unspecified atom stereocenters. The summed E-state index contributed by atoms with van der Waals surface area (Å²) in [6, 6.07) is 21.6. The fourth-order valence-electron chi connectivity index (χ4n) is 6.32. The summed E-state index contributed by atoms with van der Waals surface area (Å²) in [5.74, 6) is -2.42. The molecule has 0 aliphatic heterocycles. The quantitative estimate of drug-likeness (QED) is 0.0624. The number of rotatable bonds is 18. The van der Waals surface area contributed by atoms with Crippen LogP contribution in [0, 0.1) is 17.5 Å². The van der Waals surface area contributed by atoms with Gasteiger partial charge < -0.3 is 32.8 Å². The van der Waals surface area contributed by atoms with E-state index >= 15 is 0 Å². The number of oxazole rings is 1. The lowest BCUT2D eigenvalue weighted by molar-refractivity contribution is -0.151. The van der Waals surface area contributed by atoms with Crippen LogP contribution in [-0.4, -0.2) is 82.4 Å². The lowest BCUT2D eigenvalue weighted by atomic mass is 10.1. The molecule has 24 heteroatoms. The normalized spacial score (nSPS) is 11.9. The second-order valence-electron chi connectivity index (χ2n) is 15.1. The van der Waals surface area contributed by atoms with E-state index in [0.717, 1.165) is 55.5 Å². The maximum Gasteiger partial charge on any atom is 0.400 e. The number of hydrogen-bond donors (Lipinski definition) is 1. The summed E-state index contributed by atoms with van der Waals surface area (Å²) < 4.78 is 105. The highest BCUT2D eigenvalue weighted by Crippen LogP contribution is 2.31. The van der Waals surface area contributed by atoms with E-state index in [1.807, 2.05) is 19.1 Å². The first-order valence-corrected chi connectivity index (χ1v) is 24.2. The number of methoxy groups -OCH3 is 1. The highest BCUT2D eigenvalue weighted by Gasteiger charge is 2.26. The van der Waals surface area contributed by atoms with Crippen molar-refractivity contribution in [1.82, 2.24) is 29.5 Å². The molecule has 4 aromatic heterocycles. The summed E-state index contributed by atoms with van der Waals surface area (Å²) in [6.45, 7) is 7.62. The Morgan fingerprint density at radius 1 is 0.875 bits per heavy atom. The molecule has 8 rings (SSSR count). The van der Waals surface area contributed by atoms with Crippen LogP contribution >= 0.6 is 23.2 Å². The van der Waals surface area contributed by atoms with E-state index in [0.29, 0.717) is 55.0 Å². The molecular weight excluding hydrogens is 1010 g/mol. The highest BCUT2D eigenvalue weighted by molar-refractivity contribution is 7.92. The number of fused-ring (bicyclic) bond motifs is 3. The van der Waals surface area contributed by atoms with Gasteiger partial charge in [0.05, 0.1) is 31.0 Å². The number of anilines is 1. The number of benzene rings is 4. The second-order valence-corrected chi connectivity index (χ2v) is 17.6. The lowest BCUT2D eigenvalue weighted by Gasteiger charge is -2.14. The van der Waals surface area contributed by atoms with Gasteiger partial charge in [-0.1, -0.05) is 49.0 Å². The van der Waals surface area contributed by atoms with Crippen LogP contribution in [0.2, 0.25) is 10.0 Å². The van der Waals surface area contributed by atoms with Gasteiger partial charge >= 0.3 is 24.0 Å². The van der Waals surface area contributed by atoms with Gasteiger partial charge in [-0.3, -0.25) is 9.71 Å². The molecule has 0 bridgehead atoms. The first kappa shape index (κ1) is 53.9. The third-order valence-corrected chi connectivity index (χ3v) is 11.4. The van der Waals surface area contributed by atoms with Crippen molar-refractivity contribution in [3.05, 3.63) is 125 Å². The van der Waals surface area contributed by atoms with Gasteiger partial charge in [0, 0.05) is 22.7 Å². The third kappa shape index (κ3) is 14.3. The van der Waals surface area contributed by atoms with Crippen molar-refractivity contribution in [2.45, 2.75) is 70.7 Å². The Bertz CT molecular complexity index is 3240. The first-order valence-electron chi connectivity index (χ1n) is 21.9. The van der Waals surface area contributed by atoms with Crippen molar-refractivity contribution < 1.29 is 64.0 Å². The number of carbonyl (C=O) groups excluding carboxylic acids is 2. The van der Waals surface area contributed by atoms with E-state index in [4.69, 9.17) is 56.0 Å². The molecular formula is C48H46Cl2F3N7O11S. The summed E-state index contributed by atoms with van der Waals surface area (Å²) in [7, 11) is -3.37. The second kappa shape index (κ2) is 25.1. The monoisotopic (exact) mass is 1060 g/mol. The van der Waals surface area contributed by atoms with Crippen LogP contribution in [0.5, 0.6) is 29.3 Å². The van der Waals surface area contributed by atoms with Crippen LogP contribution in [0.25, 0.3) is 27.6 Å². The molecule has 0 amide bonds. The van der Waals surface area contributed by atoms with Gasteiger partial charge in [-0.2, -0.15) is 22.9 Å². The molecule has 0 radical (unpaired) electrons. The number of carbonyl (C=O) groups is 2. The third-order valence-electron chi connectivity index (χ3n) is 9.76. The predicted octanol–water partition coefficient (Wildman–Crippen LogP) is 10.7. The van der Waals surface area contributed by atoms with Gasteiger partial charge in [0.15, 0.2) is 29.8 Å². The smallest absolute Gasteiger partial charge is 0.400 e. The molecule has 1 N–H and O–H groups in total. The molecule has 4 heterocycles. The van der Waals surface area contributed by atoms with Crippen LogP contribution in [0.4, 0.5) is 18.9 Å². The first-order chi connectivity index (χ1) is 34.5. The number of ether oxygens (including phenoxy) is 6. The minimum absolute atomic E-state index is 0.0854. The highest BCUT2D eigenvalue weighted by atomic mass is 35.5. The molecule has 0 aliphatic carbocycles. The Kier molecular flexibility index (Phi) is 18.8. The number of unbranched alkanes of at least 4 members (excludes halogenated alkanes) is 2. The Balaban J connectivity index is 0.000000177. The zero-order valence-electron chi connectivity index (χ0n) is 39.1. The van der Waals surface area contributed by atoms with E-state index < -0.39 is 56.0 Å². The Labute approximate surface area is 420 Å². The average Bonchev–Trinajstić information content (AvgIpc) is 4.00. The predicted molar refractivity (Wildman–Crippen MR) is 259 cm³/mol. The van der Waals surface area contributed by atoms with Gasteiger partial charge in [-0.25, -0.2) is 27.7 Å². The van der Waals surface area contributed by atoms with Crippen molar-refractivity contribution in [1.29, 1.82) is 0 Å². The fourth-order valence-corrected chi connectivity index (χ4v) is 7.65. The number of nitrogens with zero attached hydrogens (tertiary/aromatic N) is 6. The van der Waals surface area contributed by atoms with Gasteiger partial charge in [-0.15, -0.1) is 5.10 Å². The zero-order valence-corrected chi connectivity index (χ0v) is 41.4. The van der Waals surface area contributed by atoms with Crippen LogP contribution in [-0.2, 0) is 29.1 Å². The lowest BCUT2D eigenvalue weighted by Crippen LogP contribution is -2.25. The number of pyridine rings is 1. The number of sulfonamides is 1. The van der Waals surface area contributed by atoms with Gasteiger partial charge in [-0.05, 0) is 106 Å². The zero-order chi connectivity index (χ0) is 52.0. The van der Waals surface area contributed by atoms with Crippen LogP contribution < -0.4 is 23.7 Å². The standard InChI is InChI=1S/C18H16ClNO5.C18H22ClNO3.C12H8F3N5O3S/c1-3-22-17(21)11(2)23-13-5-7-14(8-6-13)24-18-20-15-9-4-12(19)10-16(15)25-18;1-3-4-5-7-13(2)23-17(21)12-22-16-10-9-15(19)14-8-6-11-20-18(14)16;1-23-12-16-5-8(15)10-17-11(18-20(10)12)24(21,22)19-9-6(13)3-2-4-7(9)14/h4-11H,3H2,1-2H3;6,8-11,13H,3-5,7,12H2,1-2H3;2-5,19H,1H3/t11-;;/m0../s1. The molecule has 0 fully saturated rings. The Hall–Kier alpha value is -7.43. The largest absolute Gasteiger partial charge is 0.480 e. The molecule has 2 atom stereocenters. The number of hydrogen-bond acceptors (Lipinski definition) is 16. The van der Waals surface area contributed by atoms with Gasteiger partial charge in [0.1, 0.15) is 45.6 Å². The van der Waals surface area contributed by atoms with Gasteiger partial charge in [0.25, 0.3) is 15.2 Å². The molecule has 0 saturated heterocycles. The molecule has 72 heavy (non-hydrogen) atoms. The number of para-hydroxylation sites is 1. The Morgan fingerprint density at radius 3 is 2.32 bits per heavy atom. The van der Waals surface area contributed by atoms with E-state index in [1.54, 1.807) is 79.4 Å². The summed E-state index contributed by atoms with van der Waals surface area (Å²) in [4.78, 5) is 39.0. The Morgan fingerprint density at radius 2 is 1.61 bits per heavy atom. The molecule has 0 saturated carbocycles. The molecule has 380 valence electrons. The maximum absolute atomic E-state index is 13.7. The summed E-state index contributed by atoms with van der Waals surface area (Å²) in [5.41, 5.74) is 0.468. The van der Waals surface area contributed by atoms with Crippen molar-refractivity contribution in [3.8, 4) is 29.3 Å². The number of esters is 2. The van der Waals surface area contributed by atoms with Crippen molar-refractivity contribution in [3.63, 3.8) is 0 Å². The van der Waals surface area contributed by atoms with Crippen LogP contribution in [0.15, 0.2) is 107 Å². The number of nitrogens with one attached hydrogen (secondary N) is 1. The topological polar surface area (TPSA) is 218 Å². The fraction of sp³-hybridized carbons (Fsp3) is 0.271. The number of halogens is 5. The van der Waals surface area contributed by atoms with Crippen LogP contribution in [0.1, 0.15) is 53.4 Å². The van der Waals surface area contributed by atoms with E-state index in [9.17, 15) is 31.2 Å². The minimum atomic E-state index is -4.58. The summed E-state index contributed by atoms with van der Waals surface area (Å²) in [6.07, 6.45) is 6.03. The van der Waals surface area contributed by atoms with Crippen molar-refractivity contribution in [2.24, 2.45) is 0 Å². The average molecular weight is 1060 g/mol. The summed E-state index contributed by atoms with van der Waals surface area (Å²) >= 11 is 12.0. The van der Waals surface area contributed by atoms with Crippen molar-refractivity contribution in [2.75, 3.05) is 25.0 Å². The molecule has 8 aromatic rings. The number of aromatic nitrogens is 6. The minimum Gasteiger partial charge on any atom is -0.480 e. The van der Waals surface area contributed by atoms with Gasteiger partial charge in [0.2, 0.25) is 0 Å².